The summed E-state index contributed by atoms with van der Waals surface area (Å²) in [5, 5.41) is 3.69. The van der Waals surface area contributed by atoms with Gasteiger partial charge in [0.2, 0.25) is 0 Å². The minimum atomic E-state index is 0.590. The highest BCUT2D eigenvalue weighted by Crippen LogP contribution is 2.28. The molecule has 1 aliphatic heterocycles. The van der Waals surface area contributed by atoms with Crippen LogP contribution in [0.2, 0.25) is 0 Å². The van der Waals surface area contributed by atoms with Crippen molar-refractivity contribution >= 4 is 37.5 Å². The highest BCUT2D eigenvalue weighted by molar-refractivity contribution is 9.11. The Hall–Kier alpha value is -0.0600. The number of anilines is 1. The molecule has 0 spiro atoms. The van der Waals surface area contributed by atoms with Gasteiger partial charge in [0.25, 0.3) is 0 Å². The Morgan fingerprint density at radius 3 is 2.89 bits per heavy atom. The number of hydrogen-bond donors (Lipinski definition) is 1. The fraction of sp³-hybridized carbons (Fsp3) is 0.600. The molecular formula is C15H22Br2N2. The Morgan fingerprint density at radius 1 is 1.26 bits per heavy atom. The fourth-order valence-electron chi connectivity index (χ4n) is 2.67. The summed E-state index contributed by atoms with van der Waals surface area (Å²) < 4.78 is 2.27. The average molecular weight is 390 g/mol. The number of nitrogens with one attached hydrogen (secondary N) is 1. The standard InChI is InChI=1S/C15H22Br2N2/c1-2-8-19-9-3-4-13(7-10-19)18-15-11-12(16)5-6-14(15)17/h5-6,11,13,18H,2-4,7-10H2,1H3. The zero-order valence-corrected chi connectivity index (χ0v) is 14.6. The molecule has 1 heterocycles. The number of benzene rings is 1. The molecule has 1 saturated heterocycles. The van der Waals surface area contributed by atoms with Gasteiger partial charge in [-0.15, -0.1) is 0 Å². The molecule has 0 aliphatic carbocycles. The van der Waals surface area contributed by atoms with Gasteiger partial charge in [0, 0.05) is 27.2 Å². The molecule has 19 heavy (non-hydrogen) atoms. The molecule has 0 saturated carbocycles. The second-order valence-electron chi connectivity index (χ2n) is 5.24. The summed E-state index contributed by atoms with van der Waals surface area (Å²) in [4.78, 5) is 2.59. The van der Waals surface area contributed by atoms with Crippen molar-refractivity contribution in [1.29, 1.82) is 0 Å². The molecule has 1 N–H and O–H groups in total. The van der Waals surface area contributed by atoms with Gasteiger partial charge in [-0.3, -0.25) is 0 Å². The van der Waals surface area contributed by atoms with Crippen molar-refractivity contribution in [3.63, 3.8) is 0 Å². The third kappa shape index (κ3) is 4.76. The van der Waals surface area contributed by atoms with Crippen molar-refractivity contribution < 1.29 is 0 Å². The minimum absolute atomic E-state index is 0.590. The molecule has 1 fully saturated rings. The first-order valence-corrected chi connectivity index (χ1v) is 8.71. The van der Waals surface area contributed by atoms with Crippen molar-refractivity contribution in [2.24, 2.45) is 0 Å². The zero-order chi connectivity index (χ0) is 13.7. The predicted molar refractivity (Wildman–Crippen MR) is 89.8 cm³/mol. The van der Waals surface area contributed by atoms with Gasteiger partial charge in [-0.25, -0.2) is 0 Å². The van der Waals surface area contributed by atoms with E-state index in [1.807, 2.05) is 0 Å². The van der Waals surface area contributed by atoms with Crippen LogP contribution in [0.3, 0.4) is 0 Å². The summed E-state index contributed by atoms with van der Waals surface area (Å²) in [7, 11) is 0. The molecule has 2 rings (SSSR count). The van der Waals surface area contributed by atoms with Gasteiger partial charge in [-0.1, -0.05) is 22.9 Å². The van der Waals surface area contributed by atoms with Crippen LogP contribution in [0.1, 0.15) is 32.6 Å². The number of halogens is 2. The van der Waals surface area contributed by atoms with Gasteiger partial charge in [0.15, 0.2) is 0 Å². The lowest BCUT2D eigenvalue weighted by Gasteiger charge is -2.20. The topological polar surface area (TPSA) is 15.3 Å². The first-order chi connectivity index (χ1) is 9.19. The van der Waals surface area contributed by atoms with Crippen LogP contribution in [0.25, 0.3) is 0 Å². The normalized spacial score (nSPS) is 21.1. The molecule has 0 bridgehead atoms. The van der Waals surface area contributed by atoms with E-state index in [1.54, 1.807) is 0 Å². The largest absolute Gasteiger partial charge is 0.381 e. The third-order valence-electron chi connectivity index (χ3n) is 3.65. The van der Waals surface area contributed by atoms with Crippen LogP contribution in [-0.2, 0) is 0 Å². The van der Waals surface area contributed by atoms with Crippen LogP contribution in [-0.4, -0.2) is 30.6 Å². The molecule has 2 nitrogen and oxygen atoms in total. The third-order valence-corrected chi connectivity index (χ3v) is 4.83. The van der Waals surface area contributed by atoms with Crippen molar-refractivity contribution in [2.75, 3.05) is 25.0 Å². The Labute approximate surface area is 133 Å². The molecule has 4 heteroatoms. The van der Waals surface area contributed by atoms with Crippen molar-refractivity contribution in [1.82, 2.24) is 4.90 Å². The first-order valence-electron chi connectivity index (χ1n) is 7.13. The van der Waals surface area contributed by atoms with E-state index in [0.717, 1.165) is 8.95 Å². The molecule has 1 aliphatic rings. The smallest absolute Gasteiger partial charge is 0.0498 e. The van der Waals surface area contributed by atoms with Crippen LogP contribution >= 0.6 is 31.9 Å². The van der Waals surface area contributed by atoms with E-state index in [0.29, 0.717) is 6.04 Å². The SMILES string of the molecule is CCCN1CCCC(Nc2cc(Br)ccc2Br)CC1. The second kappa shape index (κ2) is 7.65. The molecule has 1 aromatic carbocycles. The summed E-state index contributed by atoms with van der Waals surface area (Å²) in [5.41, 5.74) is 1.20. The number of nitrogens with zero attached hydrogens (tertiary/aromatic N) is 1. The Bertz CT molecular complexity index is 409. The maximum absolute atomic E-state index is 3.69. The van der Waals surface area contributed by atoms with Gasteiger partial charge < -0.3 is 10.2 Å². The number of rotatable bonds is 4. The highest BCUT2D eigenvalue weighted by Gasteiger charge is 2.17. The van der Waals surface area contributed by atoms with Crippen LogP contribution in [0.5, 0.6) is 0 Å². The molecular weight excluding hydrogens is 368 g/mol. The quantitative estimate of drug-likeness (QED) is 0.788. The van der Waals surface area contributed by atoms with Crippen molar-refractivity contribution in [3.05, 3.63) is 27.1 Å². The van der Waals surface area contributed by atoms with E-state index in [2.05, 4.69) is 67.2 Å². The van der Waals surface area contributed by atoms with Crippen LogP contribution in [0.15, 0.2) is 27.1 Å². The lowest BCUT2D eigenvalue weighted by Crippen LogP contribution is -2.27. The molecule has 106 valence electrons. The van der Waals surface area contributed by atoms with Crippen molar-refractivity contribution in [2.45, 2.75) is 38.6 Å². The van der Waals surface area contributed by atoms with E-state index in [4.69, 9.17) is 0 Å². The minimum Gasteiger partial charge on any atom is -0.381 e. The summed E-state index contributed by atoms with van der Waals surface area (Å²) in [6.45, 7) is 5.98. The second-order valence-corrected chi connectivity index (χ2v) is 7.01. The average Bonchev–Trinajstić information content (AvgIpc) is 2.60. The van der Waals surface area contributed by atoms with Gasteiger partial charge in [0.05, 0.1) is 0 Å². The van der Waals surface area contributed by atoms with Gasteiger partial charge in [-0.2, -0.15) is 0 Å². The molecule has 0 aromatic heterocycles. The predicted octanol–water partition coefficient (Wildman–Crippen LogP) is 4.89. The van der Waals surface area contributed by atoms with Gasteiger partial charge in [0.1, 0.15) is 0 Å². The van der Waals surface area contributed by atoms with E-state index < -0.39 is 0 Å². The van der Waals surface area contributed by atoms with E-state index in [-0.39, 0.29) is 0 Å². The summed E-state index contributed by atoms with van der Waals surface area (Å²) in [5.74, 6) is 0. The molecule has 1 aromatic rings. The van der Waals surface area contributed by atoms with Gasteiger partial charge in [-0.05, 0) is 72.9 Å². The van der Waals surface area contributed by atoms with Crippen LogP contribution in [0.4, 0.5) is 5.69 Å². The summed E-state index contributed by atoms with van der Waals surface area (Å²) in [6, 6.07) is 6.89. The van der Waals surface area contributed by atoms with Crippen LogP contribution < -0.4 is 5.32 Å². The molecule has 0 amide bonds. The number of likely N-dealkylation sites (tertiary alicyclic amines) is 1. The van der Waals surface area contributed by atoms with E-state index in [1.165, 1.54) is 51.0 Å². The monoisotopic (exact) mass is 388 g/mol. The van der Waals surface area contributed by atoms with E-state index in [9.17, 15) is 0 Å². The molecule has 1 atom stereocenters. The fourth-order valence-corrected chi connectivity index (χ4v) is 3.39. The Kier molecular flexibility index (Phi) is 6.17. The zero-order valence-electron chi connectivity index (χ0n) is 11.5. The Balaban J connectivity index is 1.94. The lowest BCUT2D eigenvalue weighted by molar-refractivity contribution is 0.285. The maximum Gasteiger partial charge on any atom is 0.0498 e. The Morgan fingerprint density at radius 2 is 2.11 bits per heavy atom. The number of hydrogen-bond acceptors (Lipinski definition) is 2. The first kappa shape index (κ1) is 15.3. The van der Waals surface area contributed by atoms with E-state index >= 15 is 0 Å². The van der Waals surface area contributed by atoms with Gasteiger partial charge >= 0.3 is 0 Å². The molecule has 0 radical (unpaired) electrons. The lowest BCUT2D eigenvalue weighted by atomic mass is 10.1. The molecule has 1 unspecified atom stereocenters. The van der Waals surface area contributed by atoms with Crippen LogP contribution in [0, 0.1) is 0 Å². The maximum atomic E-state index is 3.69. The summed E-state index contributed by atoms with van der Waals surface area (Å²) >= 11 is 7.16. The highest BCUT2D eigenvalue weighted by atomic mass is 79.9. The summed E-state index contributed by atoms with van der Waals surface area (Å²) in [6.07, 6.45) is 5.05. The van der Waals surface area contributed by atoms with Crippen molar-refractivity contribution in [3.8, 4) is 0 Å².